The van der Waals surface area contributed by atoms with E-state index >= 15 is 0 Å². The Kier molecular flexibility index (Phi) is 9.65. The predicted octanol–water partition coefficient (Wildman–Crippen LogP) is 3.94. The number of hydrogen-bond donors (Lipinski definition) is 0. The minimum absolute atomic E-state index is 0.0158. The van der Waals surface area contributed by atoms with Crippen molar-refractivity contribution in [2.45, 2.75) is 65.7 Å². The van der Waals surface area contributed by atoms with Crippen LogP contribution in [0.4, 0.5) is 0 Å². The zero-order chi connectivity index (χ0) is 11.5. The largest absolute Gasteiger partial charge is 0.465 e. The zero-order valence-corrected chi connectivity index (χ0v) is 10.6. The average Bonchev–Trinajstić information content (AvgIpc) is 2.25. The van der Waals surface area contributed by atoms with Gasteiger partial charge in [-0.25, -0.2) is 0 Å². The molecule has 0 saturated heterocycles. The molecule has 0 unspecified atom stereocenters. The van der Waals surface area contributed by atoms with E-state index in [2.05, 4.69) is 20.8 Å². The fourth-order valence-corrected chi connectivity index (χ4v) is 1.58. The van der Waals surface area contributed by atoms with Crippen molar-refractivity contribution >= 4 is 5.97 Å². The van der Waals surface area contributed by atoms with Crippen LogP contribution < -0.4 is 0 Å². The number of esters is 1. The summed E-state index contributed by atoms with van der Waals surface area (Å²) in [6.45, 7) is 6.97. The number of carbonyl (C=O) groups excluding carboxylic acids is 1. The Morgan fingerprint density at radius 1 is 1.07 bits per heavy atom. The molecule has 0 aliphatic carbocycles. The fourth-order valence-electron chi connectivity index (χ4n) is 1.58. The van der Waals surface area contributed by atoms with Crippen LogP contribution in [-0.2, 0) is 9.53 Å². The van der Waals surface area contributed by atoms with Crippen LogP contribution in [0.5, 0.6) is 0 Å². The molecule has 2 heteroatoms. The summed E-state index contributed by atoms with van der Waals surface area (Å²) in [7, 11) is 0. The lowest BCUT2D eigenvalue weighted by atomic mass is 10.00. The molecule has 0 amide bonds. The molecule has 15 heavy (non-hydrogen) atoms. The highest BCUT2D eigenvalue weighted by atomic mass is 16.5. The first-order valence-electron chi connectivity index (χ1n) is 6.42. The average molecular weight is 214 g/mol. The van der Waals surface area contributed by atoms with E-state index in [9.17, 15) is 4.79 Å². The minimum atomic E-state index is 0.0158. The summed E-state index contributed by atoms with van der Waals surface area (Å²) in [5.41, 5.74) is 0. The van der Waals surface area contributed by atoms with E-state index in [0.717, 1.165) is 38.5 Å². The van der Waals surface area contributed by atoms with Gasteiger partial charge in [-0.05, 0) is 19.3 Å². The van der Waals surface area contributed by atoms with E-state index in [1.807, 2.05) is 0 Å². The molecule has 0 aliphatic rings. The van der Waals surface area contributed by atoms with E-state index in [4.69, 9.17) is 4.74 Å². The highest BCUT2D eigenvalue weighted by molar-refractivity contribution is 5.72. The van der Waals surface area contributed by atoms with Gasteiger partial charge in [0.1, 0.15) is 0 Å². The molecule has 2 nitrogen and oxygen atoms in total. The molecule has 1 atom stereocenters. The highest BCUT2D eigenvalue weighted by Crippen LogP contribution is 2.14. The number of hydrogen-bond acceptors (Lipinski definition) is 2. The van der Waals surface area contributed by atoms with Crippen molar-refractivity contribution < 1.29 is 9.53 Å². The summed E-state index contributed by atoms with van der Waals surface area (Å²) in [5.74, 6) is 0.147. The smallest absolute Gasteiger partial charge is 0.308 e. The van der Waals surface area contributed by atoms with Crippen LogP contribution in [0.3, 0.4) is 0 Å². The van der Waals surface area contributed by atoms with Gasteiger partial charge in [-0.15, -0.1) is 0 Å². The molecule has 0 aliphatic heterocycles. The lowest BCUT2D eigenvalue weighted by Crippen LogP contribution is -2.17. The van der Waals surface area contributed by atoms with E-state index in [1.165, 1.54) is 6.42 Å². The van der Waals surface area contributed by atoms with Gasteiger partial charge in [-0.2, -0.15) is 0 Å². The second kappa shape index (κ2) is 10.0. The van der Waals surface area contributed by atoms with Gasteiger partial charge in [0.15, 0.2) is 0 Å². The lowest BCUT2D eigenvalue weighted by molar-refractivity contribution is -0.149. The summed E-state index contributed by atoms with van der Waals surface area (Å²) in [6, 6.07) is 0. The molecule has 0 N–H and O–H groups in total. The van der Waals surface area contributed by atoms with E-state index < -0.39 is 0 Å². The molecule has 0 rings (SSSR count). The molecule has 0 saturated carbocycles. The summed E-state index contributed by atoms with van der Waals surface area (Å²) in [6.07, 6.45) is 7.50. The third-order valence-corrected chi connectivity index (χ3v) is 2.72. The van der Waals surface area contributed by atoms with Crippen LogP contribution in [-0.4, -0.2) is 12.6 Å². The fraction of sp³-hybridized carbons (Fsp3) is 0.923. The number of ether oxygens (including phenoxy) is 1. The normalized spacial score (nSPS) is 12.5. The van der Waals surface area contributed by atoms with Crippen molar-refractivity contribution in [3.63, 3.8) is 0 Å². The second-order valence-corrected chi connectivity index (χ2v) is 4.12. The first kappa shape index (κ1) is 14.5. The molecule has 0 aromatic carbocycles. The monoisotopic (exact) mass is 214 g/mol. The molecule has 0 bridgehead atoms. The molecule has 0 heterocycles. The third kappa shape index (κ3) is 7.40. The molecule has 0 aromatic heterocycles. The SMILES string of the molecule is CCCCCOC(=O)[C@H](CC)CCCC. The van der Waals surface area contributed by atoms with Crippen LogP contribution in [0.15, 0.2) is 0 Å². The van der Waals surface area contributed by atoms with E-state index in [-0.39, 0.29) is 11.9 Å². The first-order valence-corrected chi connectivity index (χ1v) is 6.42. The Balaban J connectivity index is 3.63. The van der Waals surface area contributed by atoms with Crippen molar-refractivity contribution in [1.29, 1.82) is 0 Å². The van der Waals surface area contributed by atoms with Crippen LogP contribution in [0.25, 0.3) is 0 Å². The van der Waals surface area contributed by atoms with E-state index in [1.54, 1.807) is 0 Å². The van der Waals surface area contributed by atoms with Gasteiger partial charge >= 0.3 is 5.97 Å². The summed E-state index contributed by atoms with van der Waals surface area (Å²) < 4.78 is 5.26. The number of carbonyl (C=O) groups is 1. The predicted molar refractivity (Wildman–Crippen MR) is 63.8 cm³/mol. The second-order valence-electron chi connectivity index (χ2n) is 4.12. The highest BCUT2D eigenvalue weighted by Gasteiger charge is 2.16. The van der Waals surface area contributed by atoms with Crippen molar-refractivity contribution in [3.05, 3.63) is 0 Å². The number of rotatable bonds is 9. The van der Waals surface area contributed by atoms with Gasteiger partial charge in [0, 0.05) is 0 Å². The van der Waals surface area contributed by atoms with Gasteiger partial charge in [-0.1, -0.05) is 46.5 Å². The van der Waals surface area contributed by atoms with Crippen LogP contribution in [0.2, 0.25) is 0 Å². The standard InChI is InChI=1S/C13H26O2/c1-4-7-9-11-15-13(14)12(6-3)10-8-5-2/h12H,4-11H2,1-3H3/t12-/m1/s1. The van der Waals surface area contributed by atoms with Gasteiger partial charge in [-0.3, -0.25) is 4.79 Å². The first-order chi connectivity index (χ1) is 7.26. The molecular weight excluding hydrogens is 188 g/mol. The zero-order valence-electron chi connectivity index (χ0n) is 10.6. The Hall–Kier alpha value is -0.530. The van der Waals surface area contributed by atoms with Gasteiger partial charge in [0.2, 0.25) is 0 Å². The maximum absolute atomic E-state index is 11.6. The van der Waals surface area contributed by atoms with Crippen molar-refractivity contribution in [1.82, 2.24) is 0 Å². The van der Waals surface area contributed by atoms with Crippen molar-refractivity contribution in [2.24, 2.45) is 5.92 Å². The number of unbranched alkanes of at least 4 members (excludes halogenated alkanes) is 3. The van der Waals surface area contributed by atoms with Crippen LogP contribution in [0.1, 0.15) is 65.7 Å². The van der Waals surface area contributed by atoms with E-state index in [0.29, 0.717) is 6.61 Å². The summed E-state index contributed by atoms with van der Waals surface area (Å²) in [5, 5.41) is 0. The third-order valence-electron chi connectivity index (χ3n) is 2.72. The Morgan fingerprint density at radius 3 is 2.27 bits per heavy atom. The van der Waals surface area contributed by atoms with Crippen LogP contribution in [0, 0.1) is 5.92 Å². The molecule has 0 fully saturated rings. The Morgan fingerprint density at radius 2 is 1.73 bits per heavy atom. The van der Waals surface area contributed by atoms with Crippen molar-refractivity contribution in [3.8, 4) is 0 Å². The molecule has 0 radical (unpaired) electrons. The minimum Gasteiger partial charge on any atom is -0.465 e. The lowest BCUT2D eigenvalue weighted by Gasteiger charge is -2.13. The van der Waals surface area contributed by atoms with Gasteiger partial charge < -0.3 is 4.74 Å². The van der Waals surface area contributed by atoms with Gasteiger partial charge in [0.05, 0.1) is 12.5 Å². The van der Waals surface area contributed by atoms with Crippen LogP contribution >= 0.6 is 0 Å². The molecular formula is C13H26O2. The Labute approximate surface area is 94.4 Å². The molecule has 0 spiro atoms. The quantitative estimate of drug-likeness (QED) is 0.429. The maximum Gasteiger partial charge on any atom is 0.308 e. The topological polar surface area (TPSA) is 26.3 Å². The summed E-state index contributed by atoms with van der Waals surface area (Å²) >= 11 is 0. The Bertz CT molecular complexity index is 155. The molecule has 0 aromatic rings. The molecule has 90 valence electrons. The maximum atomic E-state index is 11.6. The van der Waals surface area contributed by atoms with Gasteiger partial charge in [0.25, 0.3) is 0 Å². The summed E-state index contributed by atoms with van der Waals surface area (Å²) in [4.78, 5) is 11.6. The van der Waals surface area contributed by atoms with Crippen molar-refractivity contribution in [2.75, 3.05) is 6.61 Å².